The molecule has 0 saturated heterocycles. The number of ether oxygens (including phenoxy) is 1. The van der Waals surface area contributed by atoms with Crippen LogP contribution in [0.25, 0.3) is 0 Å². The van der Waals surface area contributed by atoms with Crippen LogP contribution in [0.2, 0.25) is 10.2 Å². The van der Waals surface area contributed by atoms with Gasteiger partial charge in [-0.1, -0.05) is 23.2 Å². The number of rotatable bonds is 5. The number of nitrogens with zero attached hydrogens (tertiary/aromatic N) is 1. The van der Waals surface area contributed by atoms with E-state index in [-0.39, 0.29) is 5.97 Å². The van der Waals surface area contributed by atoms with E-state index in [1.807, 2.05) is 0 Å². The van der Waals surface area contributed by atoms with Crippen molar-refractivity contribution < 1.29 is 9.53 Å². The van der Waals surface area contributed by atoms with Crippen LogP contribution in [-0.2, 0) is 15.3 Å². The van der Waals surface area contributed by atoms with E-state index >= 15 is 0 Å². The Labute approximate surface area is 108 Å². The minimum Gasteiger partial charge on any atom is -0.465 e. The van der Waals surface area contributed by atoms with Crippen molar-refractivity contribution in [2.45, 2.75) is 12.7 Å². The minimum atomic E-state index is -0.217. The first kappa shape index (κ1) is 13.6. The van der Waals surface area contributed by atoms with Crippen molar-refractivity contribution in [2.24, 2.45) is 0 Å². The topological polar surface area (TPSA) is 39.2 Å². The van der Waals surface area contributed by atoms with Gasteiger partial charge in [-0.2, -0.15) is 0 Å². The maximum Gasteiger partial charge on any atom is 0.315 e. The molecule has 6 heteroatoms. The molecule has 0 aromatic carbocycles. The number of carbonyl (C=O) groups is 1. The third-order valence-corrected chi connectivity index (χ3v) is 3.19. The lowest BCUT2D eigenvalue weighted by molar-refractivity contribution is -0.139. The largest absolute Gasteiger partial charge is 0.465 e. The van der Waals surface area contributed by atoms with Crippen molar-refractivity contribution in [3.05, 3.63) is 28.0 Å². The van der Waals surface area contributed by atoms with Crippen LogP contribution in [-0.4, -0.2) is 23.3 Å². The van der Waals surface area contributed by atoms with Gasteiger partial charge < -0.3 is 4.74 Å². The fourth-order valence-electron chi connectivity index (χ4n) is 0.989. The number of pyridine rings is 1. The van der Waals surface area contributed by atoms with Crippen LogP contribution in [0.5, 0.6) is 0 Å². The van der Waals surface area contributed by atoms with Crippen molar-refractivity contribution >= 4 is 40.9 Å². The number of halogens is 2. The van der Waals surface area contributed by atoms with E-state index in [0.29, 0.717) is 28.3 Å². The van der Waals surface area contributed by atoms with Crippen LogP contribution in [0.1, 0.15) is 12.5 Å². The molecule has 0 aliphatic rings. The Hall–Kier alpha value is -0.450. The molecule has 0 saturated carbocycles. The van der Waals surface area contributed by atoms with E-state index in [1.165, 1.54) is 11.8 Å². The predicted octanol–water partition coefficient (Wildman–Crippen LogP) is 3.18. The van der Waals surface area contributed by atoms with Gasteiger partial charge in [-0.05, 0) is 18.6 Å². The minimum absolute atomic E-state index is 0.217. The van der Waals surface area contributed by atoms with Gasteiger partial charge >= 0.3 is 5.97 Å². The maximum atomic E-state index is 11.1. The number of hydrogen-bond acceptors (Lipinski definition) is 4. The second-order valence-corrected chi connectivity index (χ2v) is 4.68. The molecule has 0 amide bonds. The van der Waals surface area contributed by atoms with E-state index in [9.17, 15) is 4.79 Å². The molecule has 0 fully saturated rings. The highest BCUT2D eigenvalue weighted by atomic mass is 35.5. The average molecular weight is 280 g/mol. The van der Waals surface area contributed by atoms with Crippen molar-refractivity contribution in [3.63, 3.8) is 0 Å². The molecule has 1 heterocycles. The van der Waals surface area contributed by atoms with Crippen molar-refractivity contribution in [1.29, 1.82) is 0 Å². The summed E-state index contributed by atoms with van der Waals surface area (Å²) in [6, 6.07) is 1.59. The number of thioether (sulfide) groups is 1. The predicted molar refractivity (Wildman–Crippen MR) is 67.1 cm³/mol. The van der Waals surface area contributed by atoms with Crippen LogP contribution < -0.4 is 0 Å². The summed E-state index contributed by atoms with van der Waals surface area (Å²) in [5.41, 5.74) is 0.861. The van der Waals surface area contributed by atoms with Gasteiger partial charge in [0.15, 0.2) is 0 Å². The van der Waals surface area contributed by atoms with Gasteiger partial charge in [-0.15, -0.1) is 11.8 Å². The van der Waals surface area contributed by atoms with Gasteiger partial charge in [0, 0.05) is 17.0 Å². The lowest BCUT2D eigenvalue weighted by atomic mass is 10.3. The summed E-state index contributed by atoms with van der Waals surface area (Å²) >= 11 is 13.1. The first-order valence-corrected chi connectivity index (χ1v) is 6.57. The molecule has 3 nitrogen and oxygen atoms in total. The Morgan fingerprint density at radius 1 is 1.56 bits per heavy atom. The zero-order valence-electron chi connectivity index (χ0n) is 8.70. The fourth-order valence-corrected chi connectivity index (χ4v) is 2.30. The van der Waals surface area contributed by atoms with Gasteiger partial charge in [0.25, 0.3) is 0 Å². The molecule has 1 aromatic rings. The highest BCUT2D eigenvalue weighted by Gasteiger charge is 2.05. The molecule has 0 aliphatic heterocycles. The SMILES string of the molecule is CCOC(=O)CSCc1cnc(Cl)cc1Cl. The Kier molecular flexibility index (Phi) is 5.95. The molecule has 0 unspecified atom stereocenters. The third kappa shape index (κ3) is 4.60. The van der Waals surface area contributed by atoms with E-state index in [1.54, 1.807) is 19.2 Å². The Balaban J connectivity index is 2.40. The lowest BCUT2D eigenvalue weighted by Gasteiger charge is -2.04. The molecule has 0 N–H and O–H groups in total. The van der Waals surface area contributed by atoms with Crippen LogP contribution in [0, 0.1) is 0 Å². The molecule has 1 aromatic heterocycles. The normalized spacial score (nSPS) is 10.2. The molecule has 0 bridgehead atoms. The smallest absolute Gasteiger partial charge is 0.315 e. The zero-order chi connectivity index (χ0) is 12.0. The molecule has 0 spiro atoms. The Morgan fingerprint density at radius 3 is 2.94 bits per heavy atom. The van der Waals surface area contributed by atoms with Crippen LogP contribution in [0.15, 0.2) is 12.3 Å². The summed E-state index contributed by atoms with van der Waals surface area (Å²) in [6.07, 6.45) is 1.61. The van der Waals surface area contributed by atoms with Gasteiger partial charge in [0.2, 0.25) is 0 Å². The van der Waals surface area contributed by atoms with Crippen molar-refractivity contribution in [2.75, 3.05) is 12.4 Å². The first-order valence-electron chi connectivity index (χ1n) is 4.66. The second-order valence-electron chi connectivity index (χ2n) is 2.90. The highest BCUT2D eigenvalue weighted by Crippen LogP contribution is 2.22. The van der Waals surface area contributed by atoms with Crippen molar-refractivity contribution in [1.82, 2.24) is 4.98 Å². The van der Waals surface area contributed by atoms with Crippen LogP contribution >= 0.6 is 35.0 Å². The highest BCUT2D eigenvalue weighted by molar-refractivity contribution is 7.99. The number of esters is 1. The third-order valence-electron chi connectivity index (χ3n) is 1.68. The quantitative estimate of drug-likeness (QED) is 0.613. The van der Waals surface area contributed by atoms with Crippen molar-refractivity contribution in [3.8, 4) is 0 Å². The van der Waals surface area contributed by atoms with E-state index in [4.69, 9.17) is 27.9 Å². The summed E-state index contributed by atoms with van der Waals surface area (Å²) in [6.45, 7) is 2.19. The first-order chi connectivity index (χ1) is 7.63. The number of aromatic nitrogens is 1. The maximum absolute atomic E-state index is 11.1. The molecule has 0 aliphatic carbocycles. The summed E-state index contributed by atoms with van der Waals surface area (Å²) in [7, 11) is 0. The molecule has 16 heavy (non-hydrogen) atoms. The summed E-state index contributed by atoms with van der Waals surface area (Å²) < 4.78 is 4.80. The summed E-state index contributed by atoms with van der Waals surface area (Å²) in [5, 5.41) is 0.931. The van der Waals surface area contributed by atoms with Crippen LogP contribution in [0.4, 0.5) is 0 Å². The van der Waals surface area contributed by atoms with Gasteiger partial charge in [-0.25, -0.2) is 4.98 Å². The zero-order valence-corrected chi connectivity index (χ0v) is 11.0. The van der Waals surface area contributed by atoms with Gasteiger partial charge in [0.1, 0.15) is 5.15 Å². The summed E-state index contributed by atoms with van der Waals surface area (Å²) in [5.74, 6) is 0.708. The summed E-state index contributed by atoms with van der Waals surface area (Å²) in [4.78, 5) is 15.0. The molecular formula is C10H11Cl2NO2S. The van der Waals surface area contributed by atoms with Gasteiger partial charge in [-0.3, -0.25) is 4.79 Å². The van der Waals surface area contributed by atoms with E-state index in [0.717, 1.165) is 5.56 Å². The molecule has 88 valence electrons. The Bertz CT molecular complexity index is 374. The molecule has 1 rings (SSSR count). The van der Waals surface area contributed by atoms with Gasteiger partial charge in [0.05, 0.1) is 12.4 Å². The number of hydrogen-bond donors (Lipinski definition) is 0. The molecular weight excluding hydrogens is 269 g/mol. The molecule has 0 radical (unpaired) electrons. The molecule has 0 atom stereocenters. The lowest BCUT2D eigenvalue weighted by Crippen LogP contribution is -2.06. The van der Waals surface area contributed by atoms with E-state index in [2.05, 4.69) is 4.98 Å². The Morgan fingerprint density at radius 2 is 2.31 bits per heavy atom. The average Bonchev–Trinajstić information content (AvgIpc) is 2.22. The standard InChI is InChI=1S/C10H11Cl2NO2S/c1-2-15-10(14)6-16-5-7-4-13-9(12)3-8(7)11/h3-4H,2,5-6H2,1H3. The monoisotopic (exact) mass is 279 g/mol. The second kappa shape index (κ2) is 6.99. The number of carbonyl (C=O) groups excluding carboxylic acids is 1. The fraction of sp³-hybridized carbons (Fsp3) is 0.400. The van der Waals surface area contributed by atoms with E-state index < -0.39 is 0 Å². The van der Waals surface area contributed by atoms with Crippen LogP contribution in [0.3, 0.4) is 0 Å².